The molecule has 2 bridgehead atoms. The van der Waals surface area contributed by atoms with Crippen LogP contribution in [0.1, 0.15) is 41.0 Å². The lowest BCUT2D eigenvalue weighted by Gasteiger charge is -2.45. The Labute approximate surface area is 197 Å². The molecular formula is C28H24N2O4. The summed E-state index contributed by atoms with van der Waals surface area (Å²) in [5.74, 6) is -1.19. The van der Waals surface area contributed by atoms with Crippen molar-refractivity contribution in [2.24, 2.45) is 11.8 Å². The summed E-state index contributed by atoms with van der Waals surface area (Å²) in [5, 5.41) is 0. The van der Waals surface area contributed by atoms with Crippen LogP contribution in [-0.2, 0) is 14.4 Å². The Hall–Kier alpha value is -3.93. The number of imide groups is 1. The lowest BCUT2D eigenvalue weighted by Crippen LogP contribution is -2.44. The fourth-order valence-electron chi connectivity index (χ4n) is 6.15. The van der Waals surface area contributed by atoms with Crippen LogP contribution in [0.15, 0.2) is 72.8 Å². The number of methoxy groups -OCH3 is 1. The normalized spacial score (nSPS) is 23.9. The maximum atomic E-state index is 13.8. The third-order valence-corrected chi connectivity index (χ3v) is 7.59. The van der Waals surface area contributed by atoms with E-state index in [9.17, 15) is 14.4 Å². The van der Waals surface area contributed by atoms with E-state index in [0.29, 0.717) is 11.4 Å². The Balaban J connectivity index is 1.40. The summed E-state index contributed by atoms with van der Waals surface area (Å²) in [7, 11) is 1.57. The summed E-state index contributed by atoms with van der Waals surface area (Å²) in [6.45, 7) is 1.34. The fraction of sp³-hybridized carbons (Fsp3) is 0.250. The van der Waals surface area contributed by atoms with Crippen LogP contribution in [0.4, 0.5) is 5.69 Å². The minimum Gasteiger partial charge on any atom is -0.497 e. The van der Waals surface area contributed by atoms with Gasteiger partial charge in [0.15, 0.2) is 0 Å². The van der Waals surface area contributed by atoms with Crippen molar-refractivity contribution in [3.05, 3.63) is 95.1 Å². The SMILES string of the molecule is COc1ccc(N(CN2C(=O)[C@@H]3C4c5ccccc5C(c5ccccc54)[C@H]3C2=O)C(C)=O)cc1. The first-order valence-electron chi connectivity index (χ1n) is 11.5. The zero-order valence-corrected chi connectivity index (χ0v) is 19.0. The Morgan fingerprint density at radius 3 is 1.62 bits per heavy atom. The van der Waals surface area contributed by atoms with Crippen LogP contribution >= 0.6 is 0 Å². The highest BCUT2D eigenvalue weighted by molar-refractivity contribution is 6.08. The number of hydrogen-bond acceptors (Lipinski definition) is 4. The van der Waals surface area contributed by atoms with Gasteiger partial charge in [0, 0.05) is 24.4 Å². The molecule has 1 saturated heterocycles. The molecule has 0 radical (unpaired) electrons. The molecule has 34 heavy (non-hydrogen) atoms. The van der Waals surface area contributed by atoms with Crippen LogP contribution in [0.3, 0.4) is 0 Å². The quantitative estimate of drug-likeness (QED) is 0.563. The van der Waals surface area contributed by atoms with E-state index >= 15 is 0 Å². The molecule has 0 N–H and O–H groups in total. The lowest BCUT2D eigenvalue weighted by molar-refractivity contribution is -0.140. The van der Waals surface area contributed by atoms with Crippen molar-refractivity contribution in [3.63, 3.8) is 0 Å². The smallest absolute Gasteiger partial charge is 0.235 e. The molecule has 1 heterocycles. The largest absolute Gasteiger partial charge is 0.497 e. The summed E-state index contributed by atoms with van der Waals surface area (Å²) in [6, 6.07) is 23.3. The Morgan fingerprint density at radius 2 is 1.24 bits per heavy atom. The molecule has 0 aromatic heterocycles. The monoisotopic (exact) mass is 452 g/mol. The van der Waals surface area contributed by atoms with Gasteiger partial charge >= 0.3 is 0 Å². The van der Waals surface area contributed by atoms with Gasteiger partial charge in [0.2, 0.25) is 17.7 Å². The second-order valence-corrected chi connectivity index (χ2v) is 9.16. The number of rotatable bonds is 4. The van der Waals surface area contributed by atoms with Crippen LogP contribution in [0.5, 0.6) is 5.75 Å². The zero-order chi connectivity index (χ0) is 23.6. The molecule has 7 rings (SSSR count). The van der Waals surface area contributed by atoms with E-state index in [1.54, 1.807) is 31.4 Å². The molecule has 3 aliphatic carbocycles. The first kappa shape index (κ1) is 20.7. The maximum Gasteiger partial charge on any atom is 0.235 e. The van der Waals surface area contributed by atoms with Gasteiger partial charge < -0.3 is 4.74 Å². The number of ether oxygens (including phenoxy) is 1. The number of carbonyl (C=O) groups excluding carboxylic acids is 3. The average Bonchev–Trinajstić information content (AvgIpc) is 3.12. The fourth-order valence-corrected chi connectivity index (χ4v) is 6.15. The third kappa shape index (κ3) is 2.78. The van der Waals surface area contributed by atoms with Crippen molar-refractivity contribution in [2.75, 3.05) is 18.7 Å². The van der Waals surface area contributed by atoms with Gasteiger partial charge in [0.1, 0.15) is 12.4 Å². The first-order valence-corrected chi connectivity index (χ1v) is 11.5. The summed E-state index contributed by atoms with van der Waals surface area (Å²) in [4.78, 5) is 42.9. The van der Waals surface area contributed by atoms with Crippen LogP contribution in [-0.4, -0.2) is 36.4 Å². The van der Waals surface area contributed by atoms with Gasteiger partial charge in [-0.1, -0.05) is 48.5 Å². The topological polar surface area (TPSA) is 66.9 Å². The first-order chi connectivity index (χ1) is 16.5. The van der Waals surface area contributed by atoms with Gasteiger partial charge in [0.05, 0.1) is 18.9 Å². The second-order valence-electron chi connectivity index (χ2n) is 9.16. The lowest BCUT2D eigenvalue weighted by atomic mass is 9.55. The van der Waals surface area contributed by atoms with Gasteiger partial charge in [-0.05, 0) is 46.5 Å². The van der Waals surface area contributed by atoms with Crippen molar-refractivity contribution < 1.29 is 19.1 Å². The van der Waals surface area contributed by atoms with Gasteiger partial charge in [-0.25, -0.2) is 0 Å². The highest BCUT2D eigenvalue weighted by atomic mass is 16.5. The predicted molar refractivity (Wildman–Crippen MR) is 126 cm³/mol. The number of benzene rings is 3. The van der Waals surface area contributed by atoms with E-state index in [2.05, 4.69) is 24.3 Å². The zero-order valence-electron chi connectivity index (χ0n) is 19.0. The van der Waals surface area contributed by atoms with Crippen molar-refractivity contribution in [3.8, 4) is 5.75 Å². The van der Waals surface area contributed by atoms with Crippen molar-refractivity contribution in [1.29, 1.82) is 0 Å². The molecule has 3 amide bonds. The third-order valence-electron chi connectivity index (χ3n) is 7.59. The number of nitrogens with zero attached hydrogens (tertiary/aromatic N) is 2. The highest BCUT2D eigenvalue weighted by Crippen LogP contribution is 2.60. The molecular weight excluding hydrogens is 428 g/mol. The summed E-state index contributed by atoms with van der Waals surface area (Å²) in [6.07, 6.45) is 0. The molecule has 1 fully saturated rings. The number of likely N-dealkylation sites (tertiary alicyclic amines) is 1. The van der Waals surface area contributed by atoms with E-state index in [-0.39, 0.29) is 36.2 Å². The van der Waals surface area contributed by atoms with E-state index in [4.69, 9.17) is 4.74 Å². The average molecular weight is 453 g/mol. The molecule has 1 aliphatic heterocycles. The molecule has 2 atom stereocenters. The number of carbonyl (C=O) groups is 3. The predicted octanol–water partition coefficient (Wildman–Crippen LogP) is 3.90. The van der Waals surface area contributed by atoms with Crippen LogP contribution < -0.4 is 9.64 Å². The summed E-state index contributed by atoms with van der Waals surface area (Å²) < 4.78 is 5.21. The van der Waals surface area contributed by atoms with Crippen molar-refractivity contribution in [2.45, 2.75) is 18.8 Å². The molecule has 170 valence electrons. The number of hydrogen-bond donors (Lipinski definition) is 0. The van der Waals surface area contributed by atoms with Crippen molar-refractivity contribution >= 4 is 23.4 Å². The molecule has 0 spiro atoms. The minimum atomic E-state index is -0.452. The molecule has 3 aromatic carbocycles. The summed E-state index contributed by atoms with van der Waals surface area (Å²) in [5.41, 5.74) is 5.14. The molecule has 6 heteroatoms. The Kier molecular flexibility index (Phi) is 4.59. The van der Waals surface area contributed by atoms with E-state index in [1.165, 1.54) is 16.7 Å². The Bertz CT molecular complexity index is 1220. The van der Waals surface area contributed by atoms with Crippen LogP contribution in [0.2, 0.25) is 0 Å². The summed E-state index contributed by atoms with van der Waals surface area (Å²) >= 11 is 0. The maximum absolute atomic E-state index is 13.8. The molecule has 0 saturated carbocycles. The van der Waals surface area contributed by atoms with Crippen molar-refractivity contribution in [1.82, 2.24) is 4.90 Å². The Morgan fingerprint density at radius 1 is 0.794 bits per heavy atom. The standard InChI is InChI=1S/C28H24N2O4/c1-16(31)29(17-11-13-18(34-2)14-12-17)15-30-27(32)25-23-19-7-3-4-8-20(19)24(26(25)28(30)33)22-10-6-5-9-21(22)23/h3-14,23-26H,15H2,1-2H3/t23?,24?,25-,26-/m1/s1. The van der Waals surface area contributed by atoms with Gasteiger partial charge in [-0.2, -0.15) is 0 Å². The van der Waals surface area contributed by atoms with E-state index < -0.39 is 11.8 Å². The van der Waals surface area contributed by atoms with Gasteiger partial charge in [-0.15, -0.1) is 0 Å². The van der Waals surface area contributed by atoms with E-state index in [1.807, 2.05) is 24.3 Å². The second kappa shape index (κ2) is 7.55. The van der Waals surface area contributed by atoms with Gasteiger partial charge in [-0.3, -0.25) is 24.2 Å². The van der Waals surface area contributed by atoms with E-state index in [0.717, 1.165) is 22.3 Å². The molecule has 4 aliphatic rings. The number of amides is 3. The molecule has 0 unspecified atom stereocenters. The molecule has 6 nitrogen and oxygen atoms in total. The molecule has 3 aromatic rings. The highest BCUT2D eigenvalue weighted by Gasteiger charge is 2.61. The van der Waals surface area contributed by atoms with Gasteiger partial charge in [0.25, 0.3) is 0 Å². The minimum absolute atomic E-state index is 0.0988. The van der Waals surface area contributed by atoms with Crippen LogP contribution in [0.25, 0.3) is 0 Å². The van der Waals surface area contributed by atoms with Crippen LogP contribution in [0, 0.1) is 11.8 Å². The number of anilines is 1.